The number of nitrogens with one attached hydrogen (secondary N) is 1. The minimum atomic E-state index is -0.241. The maximum Gasteiger partial charge on any atom is 0.407 e. The zero-order chi connectivity index (χ0) is 24.8. The fourth-order valence-corrected chi connectivity index (χ4v) is 6.67. The summed E-state index contributed by atoms with van der Waals surface area (Å²) in [6.07, 6.45) is 5.14. The summed E-state index contributed by atoms with van der Waals surface area (Å²) in [6, 6.07) is 15.8. The van der Waals surface area contributed by atoms with Gasteiger partial charge in [-0.25, -0.2) is 4.79 Å². The molecule has 3 fully saturated rings. The van der Waals surface area contributed by atoms with Gasteiger partial charge in [0, 0.05) is 6.54 Å². The van der Waals surface area contributed by atoms with Gasteiger partial charge in [0.15, 0.2) is 0 Å². The highest BCUT2D eigenvalue weighted by molar-refractivity contribution is 5.70. The fourth-order valence-electron chi connectivity index (χ4n) is 6.67. The van der Waals surface area contributed by atoms with Gasteiger partial charge in [0.2, 0.25) is 0 Å². The van der Waals surface area contributed by atoms with E-state index in [0.29, 0.717) is 5.92 Å². The van der Waals surface area contributed by atoms with Crippen molar-refractivity contribution < 1.29 is 9.53 Å². The summed E-state index contributed by atoms with van der Waals surface area (Å²) in [5, 5.41) is 3.34. The average Bonchev–Trinajstić information content (AvgIpc) is 3.17. The van der Waals surface area contributed by atoms with Crippen molar-refractivity contribution in [2.45, 2.75) is 84.3 Å². The van der Waals surface area contributed by atoms with Crippen LogP contribution in [0.4, 0.5) is 4.79 Å². The minimum absolute atomic E-state index is 0.00366. The van der Waals surface area contributed by atoms with Crippen LogP contribution in [0.15, 0.2) is 42.5 Å². The first-order chi connectivity index (χ1) is 16.7. The van der Waals surface area contributed by atoms with E-state index in [2.05, 4.69) is 87.3 Å². The van der Waals surface area contributed by atoms with E-state index in [1.165, 1.54) is 27.8 Å². The van der Waals surface area contributed by atoms with E-state index < -0.39 is 0 Å². The number of fused-ring (bicyclic) bond motifs is 4. The molecule has 3 heterocycles. The van der Waals surface area contributed by atoms with Crippen LogP contribution >= 0.6 is 0 Å². The quantitative estimate of drug-likeness (QED) is 0.514. The molecule has 0 saturated carbocycles. The number of carbonyl (C=O) groups excluding carboxylic acids is 1. The zero-order valence-corrected chi connectivity index (χ0v) is 22.2. The van der Waals surface area contributed by atoms with Crippen LogP contribution in [-0.4, -0.2) is 36.7 Å². The molecule has 35 heavy (non-hydrogen) atoms. The van der Waals surface area contributed by atoms with Gasteiger partial charge in [-0.3, -0.25) is 4.90 Å². The molecule has 3 saturated heterocycles. The van der Waals surface area contributed by atoms with Crippen molar-refractivity contribution in [3.05, 3.63) is 59.2 Å². The number of nitrogens with zero attached hydrogens (tertiary/aromatic N) is 1. The van der Waals surface area contributed by atoms with Crippen molar-refractivity contribution in [1.29, 1.82) is 0 Å². The van der Waals surface area contributed by atoms with Gasteiger partial charge < -0.3 is 10.1 Å². The molecule has 1 unspecified atom stereocenters. The number of hydrogen-bond donors (Lipinski definition) is 1. The molecule has 6 rings (SSSR count). The molecule has 1 amide bonds. The second kappa shape index (κ2) is 9.28. The summed E-state index contributed by atoms with van der Waals surface area (Å²) < 4.78 is 6.03. The molecule has 1 N–H and O–H groups in total. The molecule has 0 radical (unpaired) electrons. The third-order valence-electron chi connectivity index (χ3n) is 9.20. The van der Waals surface area contributed by atoms with Crippen LogP contribution in [0.5, 0.6) is 0 Å². The molecule has 4 nitrogen and oxygen atoms in total. The first kappa shape index (κ1) is 24.4. The van der Waals surface area contributed by atoms with Gasteiger partial charge >= 0.3 is 6.09 Å². The Bertz CT molecular complexity index is 1070. The average molecular weight is 475 g/mol. The third-order valence-corrected chi connectivity index (χ3v) is 9.20. The molecular weight excluding hydrogens is 432 g/mol. The Hall–Kier alpha value is -2.33. The lowest BCUT2D eigenvalue weighted by atomic mass is 9.76. The molecule has 4 heteroatoms. The monoisotopic (exact) mass is 474 g/mol. The van der Waals surface area contributed by atoms with Gasteiger partial charge in [-0.1, -0.05) is 77.1 Å². The van der Waals surface area contributed by atoms with Crippen LogP contribution in [0.2, 0.25) is 0 Å². The number of alkyl carbamates (subject to hydrolysis) is 1. The lowest BCUT2D eigenvalue weighted by Crippen LogP contribution is -2.53. The summed E-state index contributed by atoms with van der Waals surface area (Å²) in [4.78, 5) is 15.6. The number of amides is 1. The highest BCUT2D eigenvalue weighted by atomic mass is 16.6. The van der Waals surface area contributed by atoms with Gasteiger partial charge in [0.1, 0.15) is 6.10 Å². The zero-order valence-electron chi connectivity index (χ0n) is 22.2. The third kappa shape index (κ3) is 4.62. The molecule has 188 valence electrons. The van der Waals surface area contributed by atoms with Crippen molar-refractivity contribution in [2.24, 2.45) is 11.3 Å². The second-order valence-electron chi connectivity index (χ2n) is 12.1. The Balaban J connectivity index is 1.39. The number of carbonyl (C=O) groups is 1. The molecule has 3 aliphatic heterocycles. The number of piperidine rings is 3. The van der Waals surface area contributed by atoms with Crippen LogP contribution in [-0.2, 0) is 16.6 Å². The van der Waals surface area contributed by atoms with Crippen LogP contribution in [0.1, 0.15) is 83.0 Å². The van der Waals surface area contributed by atoms with E-state index in [4.69, 9.17) is 4.74 Å². The van der Waals surface area contributed by atoms with Gasteiger partial charge in [-0.05, 0) is 89.8 Å². The summed E-state index contributed by atoms with van der Waals surface area (Å²) in [5.41, 5.74) is 6.64. The Labute approximate surface area is 211 Å². The Morgan fingerprint density at radius 2 is 1.77 bits per heavy atom. The topological polar surface area (TPSA) is 41.6 Å². The van der Waals surface area contributed by atoms with Crippen LogP contribution in [0, 0.1) is 11.3 Å². The van der Waals surface area contributed by atoms with Crippen molar-refractivity contribution in [3.63, 3.8) is 0 Å². The summed E-state index contributed by atoms with van der Waals surface area (Å²) in [7, 11) is 0. The molecule has 0 aromatic heterocycles. The molecule has 2 aromatic carbocycles. The second-order valence-corrected chi connectivity index (χ2v) is 12.1. The molecular formula is C31H42N2O2. The summed E-state index contributed by atoms with van der Waals surface area (Å²) in [5.74, 6) is 0.523. The minimum Gasteiger partial charge on any atom is -0.445 e. The molecule has 0 spiro atoms. The molecule has 2 bridgehead atoms. The SMILES string of the molecule is CCC1(CC)Cc2cc(-c3cccc(C(C)(C)C)c3)ccc2C1NC(=O)O[C@H]1CN2CCC1CC2. The van der Waals surface area contributed by atoms with E-state index in [9.17, 15) is 4.79 Å². The summed E-state index contributed by atoms with van der Waals surface area (Å²) in [6.45, 7) is 14.5. The maximum absolute atomic E-state index is 13.1. The predicted molar refractivity (Wildman–Crippen MR) is 143 cm³/mol. The van der Waals surface area contributed by atoms with Crippen molar-refractivity contribution in [3.8, 4) is 11.1 Å². The summed E-state index contributed by atoms with van der Waals surface area (Å²) >= 11 is 0. The number of rotatable bonds is 5. The number of hydrogen-bond acceptors (Lipinski definition) is 3. The van der Waals surface area contributed by atoms with Crippen LogP contribution < -0.4 is 5.32 Å². The Morgan fingerprint density at radius 3 is 2.40 bits per heavy atom. The van der Waals surface area contributed by atoms with E-state index in [0.717, 1.165) is 51.7 Å². The van der Waals surface area contributed by atoms with Crippen LogP contribution in [0.3, 0.4) is 0 Å². The molecule has 4 aliphatic rings. The number of ether oxygens (including phenoxy) is 1. The lowest BCUT2D eigenvalue weighted by Gasteiger charge is -2.44. The standard InChI is InChI=1S/C31H42N2O2/c1-6-31(7-2)19-24-17-23(22-9-8-10-25(18-22)30(3,4)5)11-12-26(24)28(31)32-29(34)35-27-20-33-15-13-21(27)14-16-33/h8-12,17-18,21,27-28H,6-7,13-16,19-20H2,1-5H3,(H,32,34)/t27-,28?/m0/s1. The fraction of sp³-hybridized carbons (Fsp3) is 0.581. The van der Waals surface area contributed by atoms with Gasteiger partial charge in [0.05, 0.1) is 6.04 Å². The smallest absolute Gasteiger partial charge is 0.407 e. The van der Waals surface area contributed by atoms with Crippen molar-refractivity contribution in [1.82, 2.24) is 10.2 Å². The maximum atomic E-state index is 13.1. The Kier molecular flexibility index (Phi) is 6.46. The van der Waals surface area contributed by atoms with E-state index in [1.807, 2.05) is 0 Å². The van der Waals surface area contributed by atoms with Gasteiger partial charge in [0.25, 0.3) is 0 Å². The molecule has 2 aromatic rings. The van der Waals surface area contributed by atoms with E-state index in [-0.39, 0.29) is 29.1 Å². The van der Waals surface area contributed by atoms with Crippen molar-refractivity contribution in [2.75, 3.05) is 19.6 Å². The van der Waals surface area contributed by atoms with Gasteiger partial charge in [-0.15, -0.1) is 0 Å². The highest BCUT2D eigenvalue weighted by Crippen LogP contribution is 2.51. The molecule has 2 atom stereocenters. The van der Waals surface area contributed by atoms with Crippen molar-refractivity contribution >= 4 is 6.09 Å². The van der Waals surface area contributed by atoms with E-state index in [1.54, 1.807) is 0 Å². The highest BCUT2D eigenvalue weighted by Gasteiger charge is 2.45. The predicted octanol–water partition coefficient (Wildman–Crippen LogP) is 6.88. The Morgan fingerprint density at radius 1 is 1.06 bits per heavy atom. The van der Waals surface area contributed by atoms with Crippen LogP contribution in [0.25, 0.3) is 11.1 Å². The number of benzene rings is 2. The first-order valence-corrected chi connectivity index (χ1v) is 13.7. The normalized spacial score (nSPS) is 26.9. The van der Waals surface area contributed by atoms with Gasteiger partial charge in [-0.2, -0.15) is 0 Å². The first-order valence-electron chi connectivity index (χ1n) is 13.7. The largest absolute Gasteiger partial charge is 0.445 e. The lowest BCUT2D eigenvalue weighted by molar-refractivity contribution is -0.0353. The van der Waals surface area contributed by atoms with E-state index >= 15 is 0 Å². The molecule has 1 aliphatic carbocycles.